The highest BCUT2D eigenvalue weighted by atomic mass is 35.5. The van der Waals surface area contributed by atoms with Gasteiger partial charge in [0.05, 0.1) is 0 Å². The lowest BCUT2D eigenvalue weighted by Crippen LogP contribution is -2.50. The van der Waals surface area contributed by atoms with Crippen molar-refractivity contribution in [1.82, 2.24) is 10.2 Å². The van der Waals surface area contributed by atoms with Gasteiger partial charge in [0.25, 0.3) is 5.91 Å². The van der Waals surface area contributed by atoms with Crippen molar-refractivity contribution in [3.63, 3.8) is 0 Å². The molecule has 2 amide bonds. The molecule has 0 aliphatic carbocycles. The van der Waals surface area contributed by atoms with Crippen LogP contribution in [0.4, 0.5) is 0 Å². The van der Waals surface area contributed by atoms with E-state index in [1.54, 1.807) is 6.07 Å². The molecule has 1 N–H and O–H groups in total. The van der Waals surface area contributed by atoms with Crippen LogP contribution in [0.15, 0.2) is 78.9 Å². The first-order valence-electron chi connectivity index (χ1n) is 11.6. The summed E-state index contributed by atoms with van der Waals surface area (Å²) in [6, 6.07) is 24.9. The highest BCUT2D eigenvalue weighted by Gasteiger charge is 2.29. The van der Waals surface area contributed by atoms with Crippen LogP contribution in [0.1, 0.15) is 48.0 Å². The molecule has 4 rings (SSSR count). The van der Waals surface area contributed by atoms with E-state index in [0.717, 1.165) is 29.0 Å². The molecule has 1 aliphatic rings. The van der Waals surface area contributed by atoms with Crippen LogP contribution in [0.3, 0.4) is 0 Å². The first kappa shape index (κ1) is 23.1. The Bertz CT molecular complexity index is 1090. The summed E-state index contributed by atoms with van der Waals surface area (Å²) in [7, 11) is 0. The van der Waals surface area contributed by atoms with Crippen LogP contribution in [-0.2, 0) is 4.79 Å². The number of carbonyl (C=O) groups is 2. The number of halogens is 1. The molecule has 0 spiro atoms. The highest BCUT2D eigenvalue weighted by Crippen LogP contribution is 2.29. The molecule has 0 bridgehead atoms. The van der Waals surface area contributed by atoms with Crippen molar-refractivity contribution in [2.75, 3.05) is 13.1 Å². The SMILES string of the molecule is CC[C@@H](NC(=O)c1cccc(-c2ccccc2)c1)C(=O)N1CCC(c2ccc(Cl)cc2)CC1. The smallest absolute Gasteiger partial charge is 0.251 e. The lowest BCUT2D eigenvalue weighted by atomic mass is 9.89. The molecule has 0 saturated carbocycles. The summed E-state index contributed by atoms with van der Waals surface area (Å²) >= 11 is 6.00. The van der Waals surface area contributed by atoms with Crippen LogP contribution in [0.2, 0.25) is 5.02 Å². The Morgan fingerprint density at radius 2 is 1.61 bits per heavy atom. The van der Waals surface area contributed by atoms with Gasteiger partial charge in [0.2, 0.25) is 5.91 Å². The monoisotopic (exact) mass is 460 g/mol. The van der Waals surface area contributed by atoms with Crippen LogP contribution in [0, 0.1) is 0 Å². The number of rotatable bonds is 6. The molecule has 1 heterocycles. The molecule has 0 unspecified atom stereocenters. The quantitative estimate of drug-likeness (QED) is 0.496. The van der Waals surface area contributed by atoms with Gasteiger partial charge in [0, 0.05) is 23.7 Å². The largest absolute Gasteiger partial charge is 0.341 e. The topological polar surface area (TPSA) is 49.4 Å². The number of nitrogens with one attached hydrogen (secondary N) is 1. The number of hydrogen-bond acceptors (Lipinski definition) is 2. The molecule has 3 aromatic carbocycles. The van der Waals surface area contributed by atoms with E-state index < -0.39 is 6.04 Å². The van der Waals surface area contributed by atoms with Crippen LogP contribution in [-0.4, -0.2) is 35.8 Å². The maximum Gasteiger partial charge on any atom is 0.251 e. The van der Waals surface area contributed by atoms with Crippen LogP contribution in [0.25, 0.3) is 11.1 Å². The zero-order chi connectivity index (χ0) is 23.2. The number of piperidine rings is 1. The molecule has 0 radical (unpaired) electrons. The lowest BCUT2D eigenvalue weighted by molar-refractivity contribution is -0.134. The standard InChI is InChI=1S/C28H29ClN2O2/c1-2-26(28(33)31-17-15-22(16-18-31)21-11-13-25(29)14-12-21)30-27(32)24-10-6-9-23(19-24)20-7-4-3-5-8-20/h3-14,19,22,26H,2,15-18H2,1H3,(H,30,32)/t26-/m1/s1. The molecule has 1 fully saturated rings. The Morgan fingerprint density at radius 3 is 2.27 bits per heavy atom. The third-order valence-corrected chi connectivity index (χ3v) is 6.64. The maximum absolute atomic E-state index is 13.2. The van der Waals surface area contributed by atoms with Gasteiger partial charge >= 0.3 is 0 Å². The molecular formula is C28H29ClN2O2. The molecule has 33 heavy (non-hydrogen) atoms. The Kier molecular flexibility index (Phi) is 7.46. The van der Waals surface area contributed by atoms with Gasteiger partial charge in [-0.05, 0) is 66.1 Å². The summed E-state index contributed by atoms with van der Waals surface area (Å²) in [5, 5.41) is 3.70. The van der Waals surface area contributed by atoms with Crippen LogP contribution >= 0.6 is 11.6 Å². The summed E-state index contributed by atoms with van der Waals surface area (Å²) in [5.74, 6) is 0.213. The molecular weight excluding hydrogens is 432 g/mol. The normalized spacial score (nSPS) is 15.2. The third kappa shape index (κ3) is 5.63. The van der Waals surface area contributed by atoms with E-state index >= 15 is 0 Å². The van der Waals surface area contributed by atoms with Crippen molar-refractivity contribution in [1.29, 1.82) is 0 Å². The highest BCUT2D eigenvalue weighted by molar-refractivity contribution is 6.30. The fraction of sp³-hybridized carbons (Fsp3) is 0.286. The van der Waals surface area contributed by atoms with Gasteiger partial charge in [-0.2, -0.15) is 0 Å². The summed E-state index contributed by atoms with van der Waals surface area (Å²) in [6.07, 6.45) is 2.38. The number of benzene rings is 3. The van der Waals surface area contributed by atoms with Crippen LogP contribution < -0.4 is 5.32 Å². The fourth-order valence-corrected chi connectivity index (χ4v) is 4.57. The minimum Gasteiger partial charge on any atom is -0.341 e. The van der Waals surface area contributed by atoms with E-state index in [4.69, 9.17) is 11.6 Å². The second kappa shape index (κ2) is 10.7. The summed E-state index contributed by atoms with van der Waals surface area (Å²) in [4.78, 5) is 28.0. The van der Waals surface area contributed by atoms with Gasteiger partial charge < -0.3 is 10.2 Å². The van der Waals surface area contributed by atoms with Crippen LogP contribution in [0.5, 0.6) is 0 Å². The van der Waals surface area contributed by atoms with Gasteiger partial charge in [-0.1, -0.05) is 73.1 Å². The number of hydrogen-bond donors (Lipinski definition) is 1. The average Bonchev–Trinajstić information content (AvgIpc) is 2.88. The van der Waals surface area contributed by atoms with Gasteiger partial charge in [-0.3, -0.25) is 9.59 Å². The Morgan fingerprint density at radius 1 is 0.939 bits per heavy atom. The maximum atomic E-state index is 13.2. The van der Waals surface area contributed by atoms with Crippen molar-refractivity contribution >= 4 is 23.4 Å². The summed E-state index contributed by atoms with van der Waals surface area (Å²) in [6.45, 7) is 3.33. The molecule has 0 aromatic heterocycles. The van der Waals surface area contributed by atoms with E-state index in [2.05, 4.69) is 17.4 Å². The molecule has 170 valence electrons. The predicted octanol–water partition coefficient (Wildman–Crippen LogP) is 5.92. The minimum atomic E-state index is -0.523. The summed E-state index contributed by atoms with van der Waals surface area (Å²) in [5.41, 5.74) is 3.86. The average molecular weight is 461 g/mol. The van der Waals surface area contributed by atoms with Crippen molar-refractivity contribution in [2.24, 2.45) is 0 Å². The predicted molar refractivity (Wildman–Crippen MR) is 133 cm³/mol. The van der Waals surface area contributed by atoms with Crippen molar-refractivity contribution in [2.45, 2.75) is 38.1 Å². The van der Waals surface area contributed by atoms with E-state index in [0.29, 0.717) is 31.0 Å². The first-order chi connectivity index (χ1) is 16.0. The molecule has 1 atom stereocenters. The zero-order valence-corrected chi connectivity index (χ0v) is 19.6. The molecule has 4 nitrogen and oxygen atoms in total. The molecule has 3 aromatic rings. The fourth-order valence-electron chi connectivity index (χ4n) is 4.44. The Labute approximate surface area is 200 Å². The van der Waals surface area contributed by atoms with Gasteiger partial charge in [0.1, 0.15) is 6.04 Å². The summed E-state index contributed by atoms with van der Waals surface area (Å²) < 4.78 is 0. The van der Waals surface area contributed by atoms with E-state index in [1.807, 2.05) is 72.5 Å². The Hall–Kier alpha value is -3.11. The van der Waals surface area contributed by atoms with E-state index in [-0.39, 0.29) is 11.8 Å². The minimum absolute atomic E-state index is 0.000352. The number of amides is 2. The van der Waals surface area contributed by atoms with Gasteiger partial charge in [-0.25, -0.2) is 0 Å². The molecule has 5 heteroatoms. The second-order valence-electron chi connectivity index (χ2n) is 8.53. The lowest BCUT2D eigenvalue weighted by Gasteiger charge is -2.34. The Balaban J connectivity index is 1.37. The number of likely N-dealkylation sites (tertiary alicyclic amines) is 1. The van der Waals surface area contributed by atoms with Gasteiger partial charge in [-0.15, -0.1) is 0 Å². The zero-order valence-electron chi connectivity index (χ0n) is 18.8. The third-order valence-electron chi connectivity index (χ3n) is 6.39. The van der Waals surface area contributed by atoms with Crippen molar-refractivity contribution < 1.29 is 9.59 Å². The second-order valence-corrected chi connectivity index (χ2v) is 8.97. The van der Waals surface area contributed by atoms with Crippen molar-refractivity contribution in [3.8, 4) is 11.1 Å². The first-order valence-corrected chi connectivity index (χ1v) is 11.9. The molecule has 1 aliphatic heterocycles. The van der Waals surface area contributed by atoms with Gasteiger partial charge in [0.15, 0.2) is 0 Å². The van der Waals surface area contributed by atoms with E-state index in [9.17, 15) is 9.59 Å². The van der Waals surface area contributed by atoms with E-state index in [1.165, 1.54) is 5.56 Å². The van der Waals surface area contributed by atoms with Crippen molar-refractivity contribution in [3.05, 3.63) is 95.0 Å². The number of nitrogens with zero attached hydrogens (tertiary/aromatic N) is 1. The number of carbonyl (C=O) groups excluding carboxylic acids is 2. The molecule has 1 saturated heterocycles.